The smallest absolute Gasteiger partial charge is 0.164 e. The van der Waals surface area contributed by atoms with Gasteiger partial charge in [-0.15, -0.1) is 11.6 Å². The van der Waals surface area contributed by atoms with E-state index < -0.39 is 18.0 Å². The molecule has 78 valence electrons. The highest BCUT2D eigenvalue weighted by Gasteiger charge is 2.18. The molecule has 0 spiro atoms. The van der Waals surface area contributed by atoms with Gasteiger partial charge >= 0.3 is 0 Å². The minimum Gasteiger partial charge on any atom is -0.389 e. The lowest BCUT2D eigenvalue weighted by Gasteiger charge is -2.15. The van der Waals surface area contributed by atoms with Crippen LogP contribution in [0.1, 0.15) is 11.7 Å². The number of aliphatic hydroxyl groups excluding tert-OH is 2. The molecule has 2 atom stereocenters. The molecule has 0 fully saturated rings. The Labute approximate surface area is 90.1 Å². The Morgan fingerprint density at radius 3 is 2.64 bits per heavy atom. The van der Waals surface area contributed by atoms with Gasteiger partial charge in [0.1, 0.15) is 6.10 Å². The van der Waals surface area contributed by atoms with Crippen LogP contribution in [-0.4, -0.2) is 27.2 Å². The molecule has 6 heteroatoms. The van der Waals surface area contributed by atoms with E-state index in [-0.39, 0.29) is 16.6 Å². The highest BCUT2D eigenvalue weighted by molar-refractivity contribution is 6.29. The van der Waals surface area contributed by atoms with Crippen molar-refractivity contribution in [3.05, 3.63) is 28.8 Å². The molecule has 0 aliphatic heterocycles. The third-order valence-electron chi connectivity index (χ3n) is 1.68. The van der Waals surface area contributed by atoms with Crippen LogP contribution in [0.3, 0.4) is 0 Å². The number of hydrogen-bond acceptors (Lipinski definition) is 3. The molecule has 1 aromatic heterocycles. The molecule has 1 heterocycles. The van der Waals surface area contributed by atoms with Crippen LogP contribution in [0.15, 0.2) is 12.3 Å². The van der Waals surface area contributed by atoms with Crippen molar-refractivity contribution in [1.82, 2.24) is 4.98 Å². The van der Waals surface area contributed by atoms with Crippen molar-refractivity contribution < 1.29 is 14.6 Å². The number of nitrogens with zero attached hydrogens (tertiary/aromatic N) is 1. The molecule has 1 aromatic rings. The fourth-order valence-corrected chi connectivity index (χ4v) is 1.18. The maximum atomic E-state index is 12.9. The lowest BCUT2D eigenvalue weighted by molar-refractivity contribution is 0.0323. The Bertz CT molecular complexity index is 324. The summed E-state index contributed by atoms with van der Waals surface area (Å²) in [6.45, 7) is 0. The van der Waals surface area contributed by atoms with Gasteiger partial charge in [0.15, 0.2) is 11.0 Å². The number of rotatable bonds is 3. The molecule has 1 rings (SSSR count). The molecule has 0 saturated heterocycles. The van der Waals surface area contributed by atoms with Gasteiger partial charge in [-0.1, -0.05) is 11.6 Å². The fraction of sp³-hybridized carbons (Fsp3) is 0.375. The van der Waals surface area contributed by atoms with E-state index in [1.807, 2.05) is 0 Å². The summed E-state index contributed by atoms with van der Waals surface area (Å²) >= 11 is 10.7. The van der Waals surface area contributed by atoms with Gasteiger partial charge in [-0.25, -0.2) is 9.37 Å². The first-order chi connectivity index (χ1) is 6.56. The van der Waals surface area contributed by atoms with Crippen LogP contribution < -0.4 is 0 Å². The first kappa shape index (κ1) is 11.7. The summed E-state index contributed by atoms with van der Waals surface area (Å²) in [4.78, 5) is 3.49. The van der Waals surface area contributed by atoms with Crippen LogP contribution in [0.25, 0.3) is 0 Å². The third kappa shape index (κ3) is 2.54. The van der Waals surface area contributed by atoms with Crippen molar-refractivity contribution in [2.45, 2.75) is 12.2 Å². The second-order valence-electron chi connectivity index (χ2n) is 2.71. The second kappa shape index (κ2) is 4.89. The standard InChI is InChI=1S/C8H8Cl2FNO2/c9-2-6(13)7(14)4-1-5(11)8(10)12-3-4/h1,3,6-7,13-14H,2H2. The molecule has 3 nitrogen and oxygen atoms in total. The van der Waals surface area contributed by atoms with Crippen molar-refractivity contribution in [3.63, 3.8) is 0 Å². The largest absolute Gasteiger partial charge is 0.389 e. The van der Waals surface area contributed by atoms with Crippen molar-refractivity contribution in [3.8, 4) is 0 Å². The number of alkyl halides is 1. The van der Waals surface area contributed by atoms with Gasteiger partial charge in [-0.2, -0.15) is 0 Å². The van der Waals surface area contributed by atoms with Crippen LogP contribution in [0.4, 0.5) is 4.39 Å². The van der Waals surface area contributed by atoms with Crippen LogP contribution in [-0.2, 0) is 0 Å². The first-order valence-corrected chi connectivity index (χ1v) is 4.70. The quantitative estimate of drug-likeness (QED) is 0.621. The van der Waals surface area contributed by atoms with E-state index in [2.05, 4.69) is 4.98 Å². The van der Waals surface area contributed by atoms with Gasteiger partial charge in [0, 0.05) is 11.8 Å². The van der Waals surface area contributed by atoms with E-state index in [0.717, 1.165) is 6.07 Å². The zero-order chi connectivity index (χ0) is 10.7. The predicted octanol–water partition coefficient (Wildman–Crippen LogP) is 1.51. The van der Waals surface area contributed by atoms with Crippen LogP contribution in [0.2, 0.25) is 5.15 Å². The topological polar surface area (TPSA) is 53.4 Å². The normalized spacial score (nSPS) is 15.2. The van der Waals surface area contributed by atoms with Crippen LogP contribution in [0, 0.1) is 5.82 Å². The minimum atomic E-state index is -1.26. The number of aromatic nitrogens is 1. The monoisotopic (exact) mass is 239 g/mol. The maximum absolute atomic E-state index is 12.9. The van der Waals surface area contributed by atoms with E-state index in [9.17, 15) is 14.6 Å². The first-order valence-electron chi connectivity index (χ1n) is 3.79. The Balaban J connectivity index is 2.91. The second-order valence-corrected chi connectivity index (χ2v) is 3.37. The van der Waals surface area contributed by atoms with E-state index >= 15 is 0 Å². The average molecular weight is 240 g/mol. The van der Waals surface area contributed by atoms with Gasteiger partial charge in [-0.05, 0) is 6.07 Å². The molecular weight excluding hydrogens is 232 g/mol. The molecule has 14 heavy (non-hydrogen) atoms. The Morgan fingerprint density at radius 1 is 1.50 bits per heavy atom. The van der Waals surface area contributed by atoms with E-state index in [1.165, 1.54) is 6.20 Å². The molecule has 0 amide bonds. The van der Waals surface area contributed by atoms with Gasteiger partial charge < -0.3 is 10.2 Å². The molecule has 0 aromatic carbocycles. The molecule has 0 radical (unpaired) electrons. The Hall–Kier alpha value is -0.420. The van der Waals surface area contributed by atoms with Crippen LogP contribution >= 0.6 is 23.2 Å². The molecule has 0 aliphatic rings. The average Bonchev–Trinajstić information content (AvgIpc) is 2.20. The summed E-state index contributed by atoms with van der Waals surface area (Å²) < 4.78 is 12.9. The summed E-state index contributed by atoms with van der Waals surface area (Å²) in [6.07, 6.45) is -1.22. The van der Waals surface area contributed by atoms with Gasteiger partial charge in [0.25, 0.3) is 0 Å². The zero-order valence-corrected chi connectivity index (χ0v) is 8.50. The third-order valence-corrected chi connectivity index (χ3v) is 2.28. The highest BCUT2D eigenvalue weighted by Crippen LogP contribution is 2.20. The predicted molar refractivity (Wildman–Crippen MR) is 50.9 cm³/mol. The van der Waals surface area contributed by atoms with E-state index in [1.54, 1.807) is 0 Å². The fourth-order valence-electron chi connectivity index (χ4n) is 0.904. The zero-order valence-electron chi connectivity index (χ0n) is 6.99. The Kier molecular flexibility index (Phi) is 4.07. The molecule has 2 N–H and O–H groups in total. The van der Waals surface area contributed by atoms with Crippen molar-refractivity contribution in [1.29, 1.82) is 0 Å². The van der Waals surface area contributed by atoms with Crippen LogP contribution in [0.5, 0.6) is 0 Å². The van der Waals surface area contributed by atoms with Gasteiger partial charge in [-0.3, -0.25) is 0 Å². The summed E-state index contributed by atoms with van der Waals surface area (Å²) in [5, 5.41) is 18.3. The summed E-state index contributed by atoms with van der Waals surface area (Å²) in [6, 6.07) is 1.01. The summed E-state index contributed by atoms with van der Waals surface area (Å²) in [5.41, 5.74) is 0.139. The summed E-state index contributed by atoms with van der Waals surface area (Å²) in [5.74, 6) is -0.893. The molecular formula is C8H8Cl2FNO2. The van der Waals surface area contributed by atoms with E-state index in [4.69, 9.17) is 23.2 Å². The SMILES string of the molecule is OC(CCl)C(O)c1cnc(Cl)c(F)c1. The lowest BCUT2D eigenvalue weighted by atomic mass is 10.1. The number of hydrogen-bond donors (Lipinski definition) is 2. The molecule has 0 saturated carbocycles. The molecule has 0 aliphatic carbocycles. The summed E-state index contributed by atoms with van der Waals surface area (Å²) in [7, 11) is 0. The van der Waals surface area contributed by atoms with Gasteiger partial charge in [0.2, 0.25) is 0 Å². The minimum absolute atomic E-state index is 0.139. The number of halogens is 3. The number of aliphatic hydroxyl groups is 2. The number of pyridine rings is 1. The lowest BCUT2D eigenvalue weighted by Crippen LogP contribution is -2.20. The molecule has 2 unspecified atom stereocenters. The van der Waals surface area contributed by atoms with Crippen molar-refractivity contribution >= 4 is 23.2 Å². The highest BCUT2D eigenvalue weighted by atomic mass is 35.5. The van der Waals surface area contributed by atoms with Crippen molar-refractivity contribution in [2.75, 3.05) is 5.88 Å². The maximum Gasteiger partial charge on any atom is 0.164 e. The Morgan fingerprint density at radius 2 is 2.14 bits per heavy atom. The molecule has 0 bridgehead atoms. The van der Waals surface area contributed by atoms with Crippen molar-refractivity contribution in [2.24, 2.45) is 0 Å². The van der Waals surface area contributed by atoms with Gasteiger partial charge in [0.05, 0.1) is 12.0 Å². The van der Waals surface area contributed by atoms with E-state index in [0.29, 0.717) is 0 Å².